The van der Waals surface area contributed by atoms with Gasteiger partial charge in [-0.25, -0.2) is 0 Å². The lowest BCUT2D eigenvalue weighted by Gasteiger charge is -2.06. The standard InChI is InChI=1S/C20H21NO2/c1-4-5-10-21-19-8-6-15(13(2)22)11-17(19)18-12-16(14(3)23)7-9-20(18)21/h6-9,11-12H,4-5,10H2,1-3H3. The minimum absolute atomic E-state index is 0.0593. The van der Waals surface area contributed by atoms with E-state index >= 15 is 0 Å². The van der Waals surface area contributed by atoms with E-state index in [2.05, 4.69) is 11.5 Å². The number of hydrogen-bond acceptors (Lipinski definition) is 2. The Morgan fingerprint density at radius 1 is 0.870 bits per heavy atom. The van der Waals surface area contributed by atoms with Crippen LogP contribution in [0.15, 0.2) is 36.4 Å². The summed E-state index contributed by atoms with van der Waals surface area (Å²) >= 11 is 0. The number of carbonyl (C=O) groups is 2. The van der Waals surface area contributed by atoms with Gasteiger partial charge < -0.3 is 4.57 Å². The summed E-state index contributed by atoms with van der Waals surface area (Å²) in [5, 5.41) is 2.10. The summed E-state index contributed by atoms with van der Waals surface area (Å²) in [5.41, 5.74) is 3.67. The van der Waals surface area contributed by atoms with E-state index in [4.69, 9.17) is 0 Å². The normalized spacial score (nSPS) is 11.3. The van der Waals surface area contributed by atoms with Crippen molar-refractivity contribution in [3.8, 4) is 0 Å². The number of aromatic nitrogens is 1. The van der Waals surface area contributed by atoms with E-state index in [1.54, 1.807) is 13.8 Å². The van der Waals surface area contributed by atoms with E-state index < -0.39 is 0 Å². The topological polar surface area (TPSA) is 39.1 Å². The lowest BCUT2D eigenvalue weighted by atomic mass is 10.0. The number of rotatable bonds is 5. The maximum atomic E-state index is 11.7. The molecular formula is C20H21NO2. The van der Waals surface area contributed by atoms with Crippen LogP contribution in [-0.2, 0) is 6.54 Å². The third kappa shape index (κ3) is 2.67. The first-order valence-corrected chi connectivity index (χ1v) is 8.10. The maximum absolute atomic E-state index is 11.7. The third-order valence-electron chi connectivity index (χ3n) is 4.41. The molecule has 0 N–H and O–H groups in total. The van der Waals surface area contributed by atoms with E-state index in [1.807, 2.05) is 36.4 Å². The van der Waals surface area contributed by atoms with Crippen LogP contribution in [-0.4, -0.2) is 16.1 Å². The molecule has 0 saturated carbocycles. The quantitative estimate of drug-likeness (QED) is 0.622. The summed E-state index contributed by atoms with van der Waals surface area (Å²) in [7, 11) is 0. The summed E-state index contributed by atoms with van der Waals surface area (Å²) in [4.78, 5) is 23.4. The van der Waals surface area contributed by atoms with Gasteiger partial charge in [-0.05, 0) is 56.7 Å². The average molecular weight is 307 g/mol. The van der Waals surface area contributed by atoms with Crippen LogP contribution in [0.1, 0.15) is 54.3 Å². The number of carbonyl (C=O) groups excluding carboxylic acids is 2. The smallest absolute Gasteiger partial charge is 0.159 e. The Hall–Kier alpha value is -2.42. The van der Waals surface area contributed by atoms with Crippen LogP contribution in [0.5, 0.6) is 0 Å². The van der Waals surface area contributed by atoms with E-state index in [0.717, 1.165) is 41.2 Å². The van der Waals surface area contributed by atoms with Crippen molar-refractivity contribution in [2.75, 3.05) is 0 Å². The third-order valence-corrected chi connectivity index (χ3v) is 4.41. The number of benzene rings is 2. The van der Waals surface area contributed by atoms with Crippen LogP contribution < -0.4 is 0 Å². The number of Topliss-reactive ketones (excluding diaryl/α,β-unsaturated/α-hetero) is 2. The van der Waals surface area contributed by atoms with Crippen molar-refractivity contribution in [3.63, 3.8) is 0 Å². The Balaban J connectivity index is 2.35. The van der Waals surface area contributed by atoms with Gasteiger partial charge in [0.1, 0.15) is 0 Å². The van der Waals surface area contributed by atoms with E-state index in [0.29, 0.717) is 11.1 Å². The molecule has 0 radical (unpaired) electrons. The van der Waals surface area contributed by atoms with Gasteiger partial charge >= 0.3 is 0 Å². The Kier molecular flexibility index (Phi) is 4.03. The highest BCUT2D eigenvalue weighted by atomic mass is 16.1. The predicted molar refractivity (Wildman–Crippen MR) is 94.4 cm³/mol. The molecular weight excluding hydrogens is 286 g/mol. The first-order valence-electron chi connectivity index (χ1n) is 8.10. The zero-order chi connectivity index (χ0) is 16.6. The lowest BCUT2D eigenvalue weighted by molar-refractivity contribution is 0.100. The number of aryl methyl sites for hydroxylation is 1. The number of nitrogens with zero attached hydrogens (tertiary/aromatic N) is 1. The van der Waals surface area contributed by atoms with Gasteiger partial charge in [0.25, 0.3) is 0 Å². The molecule has 0 saturated heterocycles. The molecule has 0 aliphatic rings. The molecule has 3 nitrogen and oxygen atoms in total. The molecule has 0 amide bonds. The Bertz CT molecular complexity index is 847. The predicted octanol–water partition coefficient (Wildman–Crippen LogP) is 5.00. The molecule has 118 valence electrons. The van der Waals surface area contributed by atoms with Gasteiger partial charge in [0.05, 0.1) is 0 Å². The first kappa shape index (κ1) is 15.5. The minimum atomic E-state index is 0.0593. The molecule has 0 unspecified atom stereocenters. The number of ketones is 2. The molecule has 3 rings (SSSR count). The Morgan fingerprint density at radius 2 is 1.35 bits per heavy atom. The van der Waals surface area contributed by atoms with Crippen LogP contribution in [0.25, 0.3) is 21.8 Å². The van der Waals surface area contributed by atoms with Gasteiger partial charge in [-0.15, -0.1) is 0 Å². The van der Waals surface area contributed by atoms with Crippen molar-refractivity contribution in [1.82, 2.24) is 4.57 Å². The molecule has 0 bridgehead atoms. The van der Waals surface area contributed by atoms with Crippen LogP contribution in [0.2, 0.25) is 0 Å². The van der Waals surface area contributed by atoms with Crippen molar-refractivity contribution in [1.29, 1.82) is 0 Å². The summed E-state index contributed by atoms with van der Waals surface area (Å²) in [6.45, 7) is 6.28. The second kappa shape index (κ2) is 5.99. The maximum Gasteiger partial charge on any atom is 0.159 e. The second-order valence-electron chi connectivity index (χ2n) is 6.08. The summed E-state index contributed by atoms with van der Waals surface area (Å²) in [5.74, 6) is 0.119. The van der Waals surface area contributed by atoms with Gasteiger partial charge in [-0.1, -0.05) is 13.3 Å². The molecule has 3 heteroatoms. The highest BCUT2D eigenvalue weighted by molar-refractivity contribution is 6.12. The molecule has 0 atom stereocenters. The van der Waals surface area contributed by atoms with Gasteiger partial charge in [-0.2, -0.15) is 0 Å². The zero-order valence-electron chi connectivity index (χ0n) is 13.8. The van der Waals surface area contributed by atoms with Crippen LogP contribution in [0.3, 0.4) is 0 Å². The molecule has 0 aliphatic heterocycles. The van der Waals surface area contributed by atoms with Crippen molar-refractivity contribution < 1.29 is 9.59 Å². The Labute approximate surface area is 135 Å². The molecule has 2 aromatic carbocycles. The molecule has 1 heterocycles. The zero-order valence-corrected chi connectivity index (χ0v) is 13.8. The number of fused-ring (bicyclic) bond motifs is 3. The first-order chi connectivity index (χ1) is 11.0. The number of hydrogen-bond donors (Lipinski definition) is 0. The van der Waals surface area contributed by atoms with E-state index in [-0.39, 0.29) is 11.6 Å². The van der Waals surface area contributed by atoms with Gasteiger partial charge in [-0.3, -0.25) is 9.59 Å². The van der Waals surface area contributed by atoms with Gasteiger partial charge in [0.2, 0.25) is 0 Å². The summed E-state index contributed by atoms with van der Waals surface area (Å²) in [6.07, 6.45) is 2.22. The molecule has 0 spiro atoms. The molecule has 0 fully saturated rings. The van der Waals surface area contributed by atoms with Crippen LogP contribution in [0.4, 0.5) is 0 Å². The molecule has 23 heavy (non-hydrogen) atoms. The highest BCUT2D eigenvalue weighted by Crippen LogP contribution is 2.31. The van der Waals surface area contributed by atoms with Crippen molar-refractivity contribution >= 4 is 33.4 Å². The SMILES string of the molecule is CCCCn1c2ccc(C(C)=O)cc2c2cc(C(C)=O)ccc21. The Morgan fingerprint density at radius 3 is 1.74 bits per heavy atom. The number of unbranched alkanes of at least 4 members (excludes halogenated alkanes) is 1. The van der Waals surface area contributed by atoms with Crippen LogP contribution >= 0.6 is 0 Å². The fraction of sp³-hybridized carbons (Fsp3) is 0.300. The minimum Gasteiger partial charge on any atom is -0.340 e. The van der Waals surface area contributed by atoms with Gasteiger partial charge in [0, 0.05) is 39.5 Å². The monoisotopic (exact) mass is 307 g/mol. The highest BCUT2D eigenvalue weighted by Gasteiger charge is 2.13. The molecule has 3 aromatic rings. The van der Waals surface area contributed by atoms with E-state index in [9.17, 15) is 9.59 Å². The lowest BCUT2D eigenvalue weighted by Crippen LogP contribution is -1.98. The van der Waals surface area contributed by atoms with Gasteiger partial charge in [0.15, 0.2) is 11.6 Å². The fourth-order valence-electron chi connectivity index (χ4n) is 3.10. The summed E-state index contributed by atoms with van der Waals surface area (Å²) < 4.78 is 2.29. The largest absolute Gasteiger partial charge is 0.340 e. The average Bonchev–Trinajstić information content (AvgIpc) is 2.85. The molecule has 0 aliphatic carbocycles. The second-order valence-corrected chi connectivity index (χ2v) is 6.08. The van der Waals surface area contributed by atoms with Crippen molar-refractivity contribution in [2.45, 2.75) is 40.2 Å². The molecule has 1 aromatic heterocycles. The summed E-state index contributed by atoms with van der Waals surface area (Å²) in [6, 6.07) is 11.7. The van der Waals surface area contributed by atoms with Crippen LogP contribution in [0, 0.1) is 0 Å². The van der Waals surface area contributed by atoms with Crippen molar-refractivity contribution in [3.05, 3.63) is 47.5 Å². The van der Waals surface area contributed by atoms with E-state index in [1.165, 1.54) is 0 Å². The fourth-order valence-corrected chi connectivity index (χ4v) is 3.10. The van der Waals surface area contributed by atoms with Crippen molar-refractivity contribution in [2.24, 2.45) is 0 Å².